The molecule has 4 nitrogen and oxygen atoms in total. The Balaban J connectivity index is 2.51. The average Bonchev–Trinajstić information content (AvgIpc) is 2.36. The molecule has 0 saturated carbocycles. The minimum Gasteiger partial charge on any atom is -0.350 e. The predicted octanol–water partition coefficient (Wildman–Crippen LogP) is 0.868. The summed E-state index contributed by atoms with van der Waals surface area (Å²) in [7, 11) is 4.00. The van der Waals surface area contributed by atoms with E-state index >= 15 is 0 Å². The number of rotatable bonds is 6. The van der Waals surface area contributed by atoms with Crippen molar-refractivity contribution in [2.75, 3.05) is 27.2 Å². The topological polar surface area (TPSA) is 58.4 Å². The Morgan fingerprint density at radius 2 is 1.94 bits per heavy atom. The molecule has 0 aliphatic carbocycles. The van der Waals surface area contributed by atoms with E-state index in [0.717, 1.165) is 12.0 Å². The van der Waals surface area contributed by atoms with Crippen LogP contribution in [-0.2, 0) is 6.42 Å². The fourth-order valence-corrected chi connectivity index (χ4v) is 1.51. The summed E-state index contributed by atoms with van der Waals surface area (Å²) in [5.41, 5.74) is 7.34. The number of amides is 1. The molecule has 0 spiro atoms. The highest BCUT2D eigenvalue weighted by Gasteiger charge is 2.08. The first-order chi connectivity index (χ1) is 8.54. The van der Waals surface area contributed by atoms with Crippen molar-refractivity contribution in [3.8, 4) is 0 Å². The van der Waals surface area contributed by atoms with Crippen LogP contribution in [0, 0.1) is 0 Å². The lowest BCUT2D eigenvalue weighted by atomic mass is 10.1. The lowest BCUT2D eigenvalue weighted by molar-refractivity contribution is 0.0943. The average molecular weight is 249 g/mol. The van der Waals surface area contributed by atoms with E-state index in [-0.39, 0.29) is 5.91 Å². The molecule has 0 fully saturated rings. The minimum absolute atomic E-state index is 0.0250. The molecule has 1 rings (SSSR count). The van der Waals surface area contributed by atoms with Gasteiger partial charge >= 0.3 is 0 Å². The maximum atomic E-state index is 11.9. The number of likely N-dealkylation sites (N-methyl/N-ethyl adjacent to an activating group) is 1. The van der Waals surface area contributed by atoms with Crippen LogP contribution < -0.4 is 11.1 Å². The van der Waals surface area contributed by atoms with Crippen molar-refractivity contribution in [3.05, 3.63) is 35.4 Å². The third-order valence-electron chi connectivity index (χ3n) is 3.09. The van der Waals surface area contributed by atoms with Crippen LogP contribution in [0.3, 0.4) is 0 Å². The molecule has 0 heterocycles. The van der Waals surface area contributed by atoms with E-state index in [0.29, 0.717) is 24.7 Å². The Morgan fingerprint density at radius 3 is 2.44 bits per heavy atom. The summed E-state index contributed by atoms with van der Waals surface area (Å²) in [5.74, 6) is -0.0250. The van der Waals surface area contributed by atoms with Crippen molar-refractivity contribution >= 4 is 5.91 Å². The maximum Gasteiger partial charge on any atom is 0.251 e. The molecular formula is C14H23N3O. The molecule has 3 N–H and O–H groups in total. The van der Waals surface area contributed by atoms with E-state index in [4.69, 9.17) is 5.73 Å². The van der Waals surface area contributed by atoms with E-state index in [1.165, 1.54) is 0 Å². The standard InChI is InChI=1S/C14H23N3O/c1-11(17(2)3)10-16-14(18)13-6-4-12(5-7-13)8-9-15/h4-7,11H,8-10,15H2,1-3H3,(H,16,18). The summed E-state index contributed by atoms with van der Waals surface area (Å²) in [6.07, 6.45) is 0.847. The van der Waals surface area contributed by atoms with Crippen molar-refractivity contribution in [3.63, 3.8) is 0 Å². The molecule has 1 unspecified atom stereocenters. The summed E-state index contributed by atoms with van der Waals surface area (Å²) >= 11 is 0. The Bertz CT molecular complexity index is 373. The first-order valence-corrected chi connectivity index (χ1v) is 6.28. The largest absolute Gasteiger partial charge is 0.350 e. The van der Waals surface area contributed by atoms with Gasteiger partial charge in [-0.25, -0.2) is 0 Å². The summed E-state index contributed by atoms with van der Waals surface area (Å²) < 4.78 is 0. The van der Waals surface area contributed by atoms with Crippen LogP contribution in [0.4, 0.5) is 0 Å². The second-order valence-electron chi connectivity index (χ2n) is 4.76. The lowest BCUT2D eigenvalue weighted by Gasteiger charge is -2.19. The summed E-state index contributed by atoms with van der Waals surface area (Å²) in [6.45, 7) is 3.35. The second-order valence-corrected chi connectivity index (χ2v) is 4.76. The normalized spacial score (nSPS) is 12.5. The SMILES string of the molecule is CC(CNC(=O)c1ccc(CCN)cc1)N(C)C. The molecule has 0 aliphatic heterocycles. The van der Waals surface area contributed by atoms with Gasteiger partial charge in [0.05, 0.1) is 0 Å². The van der Waals surface area contributed by atoms with Gasteiger partial charge in [0.25, 0.3) is 5.91 Å². The fraction of sp³-hybridized carbons (Fsp3) is 0.500. The van der Waals surface area contributed by atoms with Crippen LogP contribution in [0.2, 0.25) is 0 Å². The minimum atomic E-state index is -0.0250. The Hall–Kier alpha value is -1.39. The summed E-state index contributed by atoms with van der Waals surface area (Å²) in [5, 5.41) is 2.93. The molecule has 1 amide bonds. The molecule has 1 aromatic rings. The van der Waals surface area contributed by atoms with Crippen molar-refractivity contribution in [1.29, 1.82) is 0 Å². The molecule has 1 atom stereocenters. The Morgan fingerprint density at radius 1 is 1.33 bits per heavy atom. The van der Waals surface area contributed by atoms with Gasteiger partial charge < -0.3 is 16.0 Å². The smallest absolute Gasteiger partial charge is 0.251 e. The van der Waals surface area contributed by atoms with Gasteiger partial charge in [0, 0.05) is 18.2 Å². The van der Waals surface area contributed by atoms with Crippen LogP contribution in [0.5, 0.6) is 0 Å². The van der Waals surface area contributed by atoms with Gasteiger partial charge in [-0.05, 0) is 51.7 Å². The Labute approximate surface area is 109 Å². The molecular weight excluding hydrogens is 226 g/mol. The van der Waals surface area contributed by atoms with Crippen molar-refractivity contribution in [2.45, 2.75) is 19.4 Å². The zero-order chi connectivity index (χ0) is 13.5. The monoisotopic (exact) mass is 249 g/mol. The van der Waals surface area contributed by atoms with Gasteiger partial charge in [-0.15, -0.1) is 0 Å². The van der Waals surface area contributed by atoms with Crippen LogP contribution >= 0.6 is 0 Å². The van der Waals surface area contributed by atoms with Crippen molar-refractivity contribution in [1.82, 2.24) is 10.2 Å². The molecule has 100 valence electrons. The van der Waals surface area contributed by atoms with Crippen LogP contribution in [-0.4, -0.2) is 44.0 Å². The fourth-order valence-electron chi connectivity index (χ4n) is 1.51. The molecule has 1 aromatic carbocycles. The second kappa shape index (κ2) is 7.13. The Kier molecular flexibility index (Phi) is 5.82. The van der Waals surface area contributed by atoms with Crippen LogP contribution in [0.15, 0.2) is 24.3 Å². The third kappa shape index (κ3) is 4.47. The number of hydrogen-bond donors (Lipinski definition) is 2. The van der Waals surface area contributed by atoms with E-state index in [2.05, 4.69) is 17.1 Å². The molecule has 0 bridgehead atoms. The zero-order valence-electron chi connectivity index (χ0n) is 11.4. The van der Waals surface area contributed by atoms with E-state index in [1.54, 1.807) is 0 Å². The van der Waals surface area contributed by atoms with E-state index < -0.39 is 0 Å². The van der Waals surface area contributed by atoms with Crippen molar-refractivity contribution < 1.29 is 4.79 Å². The number of nitrogens with zero attached hydrogens (tertiary/aromatic N) is 1. The van der Waals surface area contributed by atoms with E-state index in [1.807, 2.05) is 38.4 Å². The summed E-state index contributed by atoms with van der Waals surface area (Å²) in [6, 6.07) is 7.93. The first-order valence-electron chi connectivity index (χ1n) is 6.28. The number of benzene rings is 1. The van der Waals surface area contributed by atoms with Gasteiger partial charge in [0.15, 0.2) is 0 Å². The number of carbonyl (C=O) groups excluding carboxylic acids is 1. The highest BCUT2D eigenvalue weighted by Crippen LogP contribution is 2.05. The number of carbonyl (C=O) groups is 1. The zero-order valence-corrected chi connectivity index (χ0v) is 11.4. The van der Waals surface area contributed by atoms with Crippen molar-refractivity contribution in [2.24, 2.45) is 5.73 Å². The van der Waals surface area contributed by atoms with Gasteiger partial charge in [-0.3, -0.25) is 4.79 Å². The van der Waals surface area contributed by atoms with Crippen LogP contribution in [0.1, 0.15) is 22.8 Å². The van der Waals surface area contributed by atoms with Crippen LogP contribution in [0.25, 0.3) is 0 Å². The molecule has 18 heavy (non-hydrogen) atoms. The van der Waals surface area contributed by atoms with Gasteiger partial charge in [-0.1, -0.05) is 12.1 Å². The highest BCUT2D eigenvalue weighted by atomic mass is 16.1. The first kappa shape index (κ1) is 14.7. The quantitative estimate of drug-likeness (QED) is 0.786. The molecule has 4 heteroatoms. The van der Waals surface area contributed by atoms with Gasteiger partial charge in [-0.2, -0.15) is 0 Å². The predicted molar refractivity (Wildman–Crippen MR) is 74.7 cm³/mol. The molecule has 0 radical (unpaired) electrons. The number of hydrogen-bond acceptors (Lipinski definition) is 3. The van der Waals surface area contributed by atoms with Gasteiger partial charge in [0.2, 0.25) is 0 Å². The summed E-state index contributed by atoms with van der Waals surface area (Å²) in [4.78, 5) is 14.0. The third-order valence-corrected chi connectivity index (χ3v) is 3.09. The number of nitrogens with one attached hydrogen (secondary N) is 1. The van der Waals surface area contributed by atoms with Gasteiger partial charge in [0.1, 0.15) is 0 Å². The van der Waals surface area contributed by atoms with E-state index in [9.17, 15) is 4.79 Å². The number of nitrogens with two attached hydrogens (primary N) is 1. The molecule has 0 aliphatic rings. The lowest BCUT2D eigenvalue weighted by Crippen LogP contribution is -2.38. The maximum absolute atomic E-state index is 11.9. The molecule has 0 saturated heterocycles. The highest BCUT2D eigenvalue weighted by molar-refractivity contribution is 5.94. The molecule has 0 aromatic heterocycles.